The summed E-state index contributed by atoms with van der Waals surface area (Å²) < 4.78 is 10.2. The smallest absolute Gasteiger partial charge is 0.308 e. The van der Waals surface area contributed by atoms with Gasteiger partial charge in [-0.1, -0.05) is 35.3 Å². The maximum absolute atomic E-state index is 13.3. The third-order valence-electron chi connectivity index (χ3n) is 5.65. The Morgan fingerprint density at radius 2 is 1.62 bits per heavy atom. The van der Waals surface area contributed by atoms with Gasteiger partial charge in [0.15, 0.2) is 5.75 Å². The van der Waals surface area contributed by atoms with E-state index in [4.69, 9.17) is 37.9 Å². The predicted octanol–water partition coefficient (Wildman–Crippen LogP) is 5.43. The molecule has 1 unspecified atom stereocenters. The number of anilines is 1. The summed E-state index contributed by atoms with van der Waals surface area (Å²) in [5.74, 6) is -2.36. The number of carbonyl (C=O) groups is 3. The van der Waals surface area contributed by atoms with Gasteiger partial charge in [-0.15, -0.1) is 0 Å². The number of hydrogen-bond acceptors (Lipinski definition) is 7. The fraction of sp³-hybridized carbons (Fsp3) is 0.111. The number of rotatable bonds is 5. The summed E-state index contributed by atoms with van der Waals surface area (Å²) in [6.45, 7) is 1.26. The number of Topliss-reactive ketones (excluding diaryl/α,β-unsaturated/α-hetero) is 1. The van der Waals surface area contributed by atoms with Crippen LogP contribution in [0.2, 0.25) is 10.0 Å². The van der Waals surface area contributed by atoms with E-state index < -0.39 is 29.5 Å². The molecule has 1 N–H and O–H groups in total. The van der Waals surface area contributed by atoms with E-state index in [0.717, 1.165) is 0 Å². The molecule has 186 valence electrons. The van der Waals surface area contributed by atoms with Gasteiger partial charge in [0.1, 0.15) is 11.5 Å². The minimum absolute atomic E-state index is 0.0974. The third kappa shape index (κ3) is 4.87. The molecule has 1 heterocycles. The third-order valence-corrected chi connectivity index (χ3v) is 6.21. The van der Waals surface area contributed by atoms with Crippen LogP contribution in [-0.2, 0) is 14.4 Å². The lowest BCUT2D eigenvalue weighted by Gasteiger charge is -2.25. The Morgan fingerprint density at radius 3 is 2.14 bits per heavy atom. The molecular formula is C27H18Cl2N2O6. The van der Waals surface area contributed by atoms with Crippen LogP contribution in [0.25, 0.3) is 5.76 Å². The maximum Gasteiger partial charge on any atom is 0.308 e. The molecule has 1 aliphatic rings. The number of esters is 1. The van der Waals surface area contributed by atoms with E-state index in [1.807, 2.05) is 6.07 Å². The molecule has 0 aromatic heterocycles. The number of carbonyl (C=O) groups excluding carboxylic acids is 3. The van der Waals surface area contributed by atoms with Gasteiger partial charge in [0.2, 0.25) is 0 Å². The lowest BCUT2D eigenvalue weighted by molar-refractivity contribution is -0.132. The molecule has 1 atom stereocenters. The maximum atomic E-state index is 13.3. The molecule has 37 heavy (non-hydrogen) atoms. The second-order valence-corrected chi connectivity index (χ2v) is 8.78. The van der Waals surface area contributed by atoms with E-state index in [2.05, 4.69) is 0 Å². The summed E-state index contributed by atoms with van der Waals surface area (Å²) in [5.41, 5.74) is 1.05. The first kappa shape index (κ1) is 25.8. The summed E-state index contributed by atoms with van der Waals surface area (Å²) in [4.78, 5) is 39.1. The number of nitrogens with zero attached hydrogens (tertiary/aromatic N) is 2. The highest BCUT2D eigenvalue weighted by molar-refractivity contribution is 6.51. The quantitative estimate of drug-likeness (QED) is 0.152. The lowest BCUT2D eigenvalue weighted by atomic mass is 9.95. The molecule has 0 aliphatic carbocycles. The molecule has 1 fully saturated rings. The Balaban J connectivity index is 1.92. The number of ketones is 1. The molecule has 0 saturated carbocycles. The SMILES string of the molecule is COc1c(Cl)cc(/C(O)=C2\C(=O)C(=O)N(c3ccc(C#N)cc3)C2c2ccc(OC(C)=O)cc2)cc1Cl. The molecule has 1 aliphatic heterocycles. The molecule has 0 bridgehead atoms. The summed E-state index contributed by atoms with van der Waals surface area (Å²) in [7, 11) is 1.38. The van der Waals surface area contributed by atoms with Crippen molar-refractivity contribution in [2.24, 2.45) is 0 Å². The Kier molecular flexibility index (Phi) is 7.21. The van der Waals surface area contributed by atoms with Gasteiger partial charge in [0, 0.05) is 18.2 Å². The minimum Gasteiger partial charge on any atom is -0.507 e. The number of aliphatic hydroxyl groups is 1. The summed E-state index contributed by atoms with van der Waals surface area (Å²) >= 11 is 12.5. The Hall–Kier alpha value is -4.32. The standard InChI is InChI=1S/C27H18Cl2N2O6/c1-14(32)37-19-9-5-16(6-10-19)23-22(24(33)17-11-20(28)26(36-2)21(29)12-17)25(34)27(35)31(23)18-7-3-15(13-30)4-8-18/h3-12,23,33H,1-2H3/b24-22+. The van der Waals surface area contributed by atoms with Crippen LogP contribution in [0, 0.1) is 11.3 Å². The van der Waals surface area contributed by atoms with Gasteiger partial charge in [-0.05, 0) is 54.1 Å². The molecule has 8 nitrogen and oxygen atoms in total. The van der Waals surface area contributed by atoms with Crippen molar-refractivity contribution in [2.45, 2.75) is 13.0 Å². The summed E-state index contributed by atoms with van der Waals surface area (Å²) in [5, 5.41) is 20.6. The van der Waals surface area contributed by atoms with Crippen molar-refractivity contribution < 1.29 is 29.0 Å². The number of nitriles is 1. The van der Waals surface area contributed by atoms with Crippen molar-refractivity contribution in [2.75, 3.05) is 12.0 Å². The highest BCUT2D eigenvalue weighted by atomic mass is 35.5. The van der Waals surface area contributed by atoms with Crippen LogP contribution >= 0.6 is 23.2 Å². The van der Waals surface area contributed by atoms with Gasteiger partial charge < -0.3 is 14.6 Å². The van der Waals surface area contributed by atoms with Crippen molar-refractivity contribution in [1.29, 1.82) is 5.26 Å². The molecule has 0 radical (unpaired) electrons. The monoisotopic (exact) mass is 536 g/mol. The van der Waals surface area contributed by atoms with Crippen LogP contribution in [-0.4, -0.2) is 29.9 Å². The normalized spacial score (nSPS) is 16.4. The van der Waals surface area contributed by atoms with E-state index in [9.17, 15) is 19.5 Å². The topological polar surface area (TPSA) is 117 Å². The fourth-order valence-corrected chi connectivity index (χ4v) is 4.68. The largest absolute Gasteiger partial charge is 0.507 e. The van der Waals surface area contributed by atoms with E-state index in [0.29, 0.717) is 16.8 Å². The fourth-order valence-electron chi connectivity index (χ4n) is 4.04. The number of hydrogen-bond donors (Lipinski definition) is 1. The van der Waals surface area contributed by atoms with Crippen LogP contribution in [0.15, 0.2) is 66.2 Å². The van der Waals surface area contributed by atoms with Gasteiger partial charge in [0.25, 0.3) is 11.7 Å². The van der Waals surface area contributed by atoms with Crippen molar-refractivity contribution in [3.8, 4) is 17.6 Å². The number of benzene rings is 3. The zero-order valence-corrected chi connectivity index (χ0v) is 21.0. The first-order chi connectivity index (χ1) is 17.7. The number of aliphatic hydroxyl groups excluding tert-OH is 1. The summed E-state index contributed by atoms with van der Waals surface area (Å²) in [6.07, 6.45) is 0. The van der Waals surface area contributed by atoms with Gasteiger partial charge in [0.05, 0.1) is 40.4 Å². The van der Waals surface area contributed by atoms with Gasteiger partial charge in [-0.2, -0.15) is 5.26 Å². The highest BCUT2D eigenvalue weighted by Crippen LogP contribution is 2.44. The molecule has 3 aromatic carbocycles. The average molecular weight is 537 g/mol. The van der Waals surface area contributed by atoms with E-state index in [-0.39, 0.29) is 32.7 Å². The van der Waals surface area contributed by atoms with Crippen LogP contribution in [0.5, 0.6) is 11.5 Å². The second-order valence-electron chi connectivity index (χ2n) is 7.96. The number of halogens is 2. The molecule has 0 spiro atoms. The van der Waals surface area contributed by atoms with Crippen LogP contribution in [0.3, 0.4) is 0 Å². The van der Waals surface area contributed by atoms with Crippen LogP contribution < -0.4 is 14.4 Å². The van der Waals surface area contributed by atoms with Crippen LogP contribution in [0.4, 0.5) is 5.69 Å². The Morgan fingerprint density at radius 1 is 1.03 bits per heavy atom. The Bertz CT molecular complexity index is 1470. The molecule has 1 saturated heterocycles. The number of amides is 1. The first-order valence-corrected chi connectivity index (χ1v) is 11.5. The zero-order chi connectivity index (χ0) is 26.9. The summed E-state index contributed by atoms with van der Waals surface area (Å²) in [6, 6.07) is 16.0. The lowest BCUT2D eigenvalue weighted by Crippen LogP contribution is -2.29. The van der Waals surface area contributed by atoms with Gasteiger partial charge >= 0.3 is 5.97 Å². The zero-order valence-electron chi connectivity index (χ0n) is 19.5. The first-order valence-electron chi connectivity index (χ1n) is 10.8. The molecule has 10 heteroatoms. The van der Waals surface area contributed by atoms with Gasteiger partial charge in [-0.25, -0.2) is 0 Å². The van der Waals surface area contributed by atoms with Crippen LogP contribution in [0.1, 0.15) is 29.7 Å². The van der Waals surface area contributed by atoms with E-state index in [1.54, 1.807) is 12.1 Å². The van der Waals surface area contributed by atoms with Crippen molar-refractivity contribution in [3.63, 3.8) is 0 Å². The van der Waals surface area contributed by atoms with E-state index >= 15 is 0 Å². The molecular weight excluding hydrogens is 519 g/mol. The highest BCUT2D eigenvalue weighted by Gasteiger charge is 2.47. The molecule has 1 amide bonds. The van der Waals surface area contributed by atoms with Crippen molar-refractivity contribution in [3.05, 3.63) is 93.0 Å². The molecule has 3 aromatic rings. The average Bonchev–Trinajstić information content (AvgIpc) is 3.13. The van der Waals surface area contributed by atoms with E-state index in [1.165, 1.54) is 67.5 Å². The van der Waals surface area contributed by atoms with Gasteiger partial charge in [-0.3, -0.25) is 19.3 Å². The minimum atomic E-state index is -1.06. The second kappa shape index (κ2) is 10.3. The molecule has 4 rings (SSSR count). The van der Waals surface area contributed by atoms with Crippen molar-refractivity contribution >= 4 is 52.3 Å². The number of methoxy groups -OCH3 is 1. The number of ether oxygens (including phenoxy) is 2. The van der Waals surface area contributed by atoms with Crippen molar-refractivity contribution in [1.82, 2.24) is 0 Å². The predicted molar refractivity (Wildman–Crippen MR) is 137 cm³/mol. The Labute approximate surface area is 221 Å².